The number of pyridine rings is 1. The maximum absolute atomic E-state index is 12.4. The van der Waals surface area contributed by atoms with Gasteiger partial charge in [-0.3, -0.25) is 19.9 Å². The van der Waals surface area contributed by atoms with Crippen LogP contribution in [0.3, 0.4) is 0 Å². The molecule has 0 fully saturated rings. The molecule has 0 unspecified atom stereocenters. The van der Waals surface area contributed by atoms with Gasteiger partial charge in [-0.15, -0.1) is 0 Å². The molecule has 7 nitrogen and oxygen atoms in total. The topological polar surface area (TPSA) is 105 Å². The highest BCUT2D eigenvalue weighted by Crippen LogP contribution is 2.39. The maximum atomic E-state index is 12.4. The number of non-ortho nitro benzene ring substituents is 1. The minimum Gasteiger partial charge on any atom is -0.505 e. The summed E-state index contributed by atoms with van der Waals surface area (Å²) in [6.45, 7) is 3.47. The molecule has 1 amide bonds. The number of hydrogen-bond donors (Lipinski definition) is 2. The van der Waals surface area contributed by atoms with Gasteiger partial charge >= 0.3 is 0 Å². The van der Waals surface area contributed by atoms with Crippen LogP contribution in [0.2, 0.25) is 5.02 Å². The summed E-state index contributed by atoms with van der Waals surface area (Å²) < 4.78 is 0. The molecule has 0 aliphatic carbocycles. The Kier molecular flexibility index (Phi) is 5.46. The number of nitrogens with one attached hydrogen (secondary N) is 1. The van der Waals surface area contributed by atoms with E-state index in [1.807, 2.05) is 0 Å². The summed E-state index contributed by atoms with van der Waals surface area (Å²) in [5.74, 6) is -0.793. The average molecular weight is 400 g/mol. The monoisotopic (exact) mass is 399 g/mol. The van der Waals surface area contributed by atoms with Gasteiger partial charge in [-0.05, 0) is 29.8 Å². The van der Waals surface area contributed by atoms with Crippen molar-refractivity contribution in [2.24, 2.45) is 5.92 Å². The molecule has 8 heteroatoms. The Hall–Kier alpha value is -3.19. The van der Waals surface area contributed by atoms with E-state index < -0.39 is 11.0 Å². The van der Waals surface area contributed by atoms with Gasteiger partial charge in [-0.25, -0.2) is 0 Å². The molecule has 1 atom stereocenters. The molecule has 3 aromatic rings. The second-order valence-electron chi connectivity index (χ2n) is 6.64. The summed E-state index contributed by atoms with van der Waals surface area (Å²) >= 11 is 5.96. The summed E-state index contributed by atoms with van der Waals surface area (Å²) in [5, 5.41) is 26.0. The highest BCUT2D eigenvalue weighted by molar-refractivity contribution is 6.30. The van der Waals surface area contributed by atoms with E-state index in [2.05, 4.69) is 10.3 Å². The van der Waals surface area contributed by atoms with E-state index in [9.17, 15) is 20.0 Å². The maximum Gasteiger partial charge on any atom is 0.279 e. The molecule has 2 N–H and O–H groups in total. The number of nitro groups is 1. The Bertz CT molecular complexity index is 1050. The lowest BCUT2D eigenvalue weighted by Crippen LogP contribution is -2.32. The molecular formula is C20H18ClN3O4. The van der Waals surface area contributed by atoms with Gasteiger partial charge in [-0.2, -0.15) is 0 Å². The van der Waals surface area contributed by atoms with Crippen molar-refractivity contribution >= 4 is 34.1 Å². The standard InChI is InChI=1S/C20H18ClN3O4/c1-11(2)20(26)23-17(12-5-7-13(21)8-6-12)15-10-16(24(27)28)14-4-3-9-22-18(14)19(15)25/h3-11,17,25H,1-2H3,(H,23,26)/t17-/m1/s1. The lowest BCUT2D eigenvalue weighted by molar-refractivity contribution is -0.383. The molecule has 0 radical (unpaired) electrons. The molecular weight excluding hydrogens is 382 g/mol. The quantitative estimate of drug-likeness (QED) is 0.489. The zero-order valence-electron chi connectivity index (χ0n) is 15.2. The molecule has 144 valence electrons. The first-order chi connectivity index (χ1) is 13.3. The summed E-state index contributed by atoms with van der Waals surface area (Å²) in [6, 6.07) is 10.2. The van der Waals surface area contributed by atoms with Crippen molar-refractivity contribution in [3.05, 3.63) is 74.9 Å². The molecule has 0 bridgehead atoms. The number of rotatable bonds is 5. The van der Waals surface area contributed by atoms with Crippen molar-refractivity contribution < 1.29 is 14.8 Å². The Balaban J connectivity index is 2.25. The van der Waals surface area contributed by atoms with Gasteiger partial charge in [0, 0.05) is 28.8 Å². The zero-order chi connectivity index (χ0) is 20.4. The molecule has 1 aromatic heterocycles. The van der Waals surface area contributed by atoms with Crippen molar-refractivity contribution in [1.29, 1.82) is 0 Å². The number of carbonyl (C=O) groups is 1. The second kappa shape index (κ2) is 7.82. The number of aromatic hydroxyl groups is 1. The Morgan fingerprint density at radius 3 is 2.54 bits per heavy atom. The number of nitrogens with zero attached hydrogens (tertiary/aromatic N) is 2. The zero-order valence-corrected chi connectivity index (χ0v) is 16.0. The SMILES string of the molecule is CC(C)C(=O)N[C@H](c1ccc(Cl)cc1)c1cc([N+](=O)[O-])c2cccnc2c1O. The van der Waals surface area contributed by atoms with Crippen LogP contribution in [0, 0.1) is 16.0 Å². The molecule has 0 spiro atoms. The van der Waals surface area contributed by atoms with Gasteiger partial charge in [0.1, 0.15) is 11.3 Å². The largest absolute Gasteiger partial charge is 0.505 e. The number of fused-ring (bicyclic) bond motifs is 1. The van der Waals surface area contributed by atoms with Crippen LogP contribution in [-0.2, 0) is 4.79 Å². The highest BCUT2D eigenvalue weighted by Gasteiger charge is 2.27. The fraction of sp³-hybridized carbons (Fsp3) is 0.200. The van der Waals surface area contributed by atoms with Crippen molar-refractivity contribution in [2.75, 3.05) is 0 Å². The number of halogens is 1. The fourth-order valence-electron chi connectivity index (χ4n) is 2.91. The van der Waals surface area contributed by atoms with E-state index in [0.29, 0.717) is 10.6 Å². The van der Waals surface area contributed by atoms with Crippen LogP contribution in [0.5, 0.6) is 5.75 Å². The molecule has 1 heterocycles. The number of phenols is 1. The number of hydrogen-bond acceptors (Lipinski definition) is 5. The van der Waals surface area contributed by atoms with E-state index in [4.69, 9.17) is 11.6 Å². The van der Waals surface area contributed by atoms with Crippen LogP contribution in [0.4, 0.5) is 5.69 Å². The average Bonchev–Trinajstić information content (AvgIpc) is 2.67. The molecule has 3 rings (SSSR count). The van der Waals surface area contributed by atoms with Gasteiger partial charge in [0.05, 0.1) is 16.4 Å². The molecule has 0 saturated carbocycles. The van der Waals surface area contributed by atoms with Crippen molar-refractivity contribution in [1.82, 2.24) is 10.3 Å². The third-order valence-corrected chi connectivity index (χ3v) is 4.65. The number of aromatic nitrogens is 1. The number of benzene rings is 2. The van der Waals surface area contributed by atoms with Crippen molar-refractivity contribution in [2.45, 2.75) is 19.9 Å². The van der Waals surface area contributed by atoms with E-state index >= 15 is 0 Å². The van der Waals surface area contributed by atoms with Crippen molar-refractivity contribution in [3.63, 3.8) is 0 Å². The van der Waals surface area contributed by atoms with Gasteiger partial charge in [-0.1, -0.05) is 37.6 Å². The van der Waals surface area contributed by atoms with Crippen LogP contribution in [0.1, 0.15) is 31.0 Å². The first-order valence-electron chi connectivity index (χ1n) is 8.60. The first-order valence-corrected chi connectivity index (χ1v) is 8.98. The lowest BCUT2D eigenvalue weighted by atomic mass is 9.95. The fourth-order valence-corrected chi connectivity index (χ4v) is 3.03. The Morgan fingerprint density at radius 1 is 1.25 bits per heavy atom. The second-order valence-corrected chi connectivity index (χ2v) is 7.07. The van der Waals surface area contributed by atoms with Crippen LogP contribution >= 0.6 is 11.6 Å². The predicted octanol–water partition coefficient (Wildman–Crippen LogP) is 4.36. The van der Waals surface area contributed by atoms with Gasteiger partial charge in [0.2, 0.25) is 5.91 Å². The minimum atomic E-state index is -0.808. The molecule has 28 heavy (non-hydrogen) atoms. The normalized spacial score (nSPS) is 12.1. The van der Waals surface area contributed by atoms with E-state index in [1.54, 1.807) is 44.2 Å². The van der Waals surface area contributed by atoms with Gasteiger partial charge < -0.3 is 10.4 Å². The third-order valence-electron chi connectivity index (χ3n) is 4.40. The van der Waals surface area contributed by atoms with E-state index in [-0.39, 0.29) is 39.7 Å². The van der Waals surface area contributed by atoms with Crippen LogP contribution < -0.4 is 5.32 Å². The van der Waals surface area contributed by atoms with E-state index in [0.717, 1.165) is 0 Å². The van der Waals surface area contributed by atoms with E-state index in [1.165, 1.54) is 18.3 Å². The van der Waals surface area contributed by atoms with Crippen LogP contribution in [0.25, 0.3) is 10.9 Å². The minimum absolute atomic E-state index is 0.101. The lowest BCUT2D eigenvalue weighted by Gasteiger charge is -2.22. The van der Waals surface area contributed by atoms with Crippen LogP contribution in [-0.4, -0.2) is 20.9 Å². The number of amides is 1. The molecule has 2 aromatic carbocycles. The van der Waals surface area contributed by atoms with Crippen molar-refractivity contribution in [3.8, 4) is 5.75 Å². The summed E-state index contributed by atoms with van der Waals surface area (Å²) in [6.07, 6.45) is 1.44. The first kappa shape index (κ1) is 19.6. The third kappa shape index (κ3) is 3.75. The molecule has 0 aliphatic heterocycles. The van der Waals surface area contributed by atoms with Gasteiger partial charge in [0.25, 0.3) is 5.69 Å². The number of nitro benzene ring substituents is 1. The Labute approximate surface area is 166 Å². The summed E-state index contributed by atoms with van der Waals surface area (Å²) in [4.78, 5) is 27.6. The summed E-state index contributed by atoms with van der Waals surface area (Å²) in [5.41, 5.74) is 0.714. The smallest absolute Gasteiger partial charge is 0.279 e. The highest BCUT2D eigenvalue weighted by atomic mass is 35.5. The summed E-state index contributed by atoms with van der Waals surface area (Å²) in [7, 11) is 0. The molecule has 0 saturated heterocycles. The number of carbonyl (C=O) groups excluding carboxylic acids is 1. The Morgan fingerprint density at radius 2 is 1.93 bits per heavy atom. The predicted molar refractivity (Wildman–Crippen MR) is 106 cm³/mol. The number of phenolic OH excluding ortho intramolecular Hbond substituents is 1. The van der Waals surface area contributed by atoms with Gasteiger partial charge in [0.15, 0.2) is 0 Å². The molecule has 0 aliphatic rings. The van der Waals surface area contributed by atoms with Crippen LogP contribution in [0.15, 0.2) is 48.7 Å².